The molecule has 2 fully saturated rings. The molecule has 0 aromatic carbocycles. The largest absolute Gasteiger partial charge is 0.344 e. The van der Waals surface area contributed by atoms with E-state index >= 15 is 0 Å². The Morgan fingerprint density at radius 1 is 1.25 bits per heavy atom. The highest BCUT2D eigenvalue weighted by Gasteiger charge is 2.30. The average Bonchev–Trinajstić information content (AvgIpc) is 2.22. The van der Waals surface area contributed by atoms with Gasteiger partial charge in [-0.3, -0.25) is 0 Å². The van der Waals surface area contributed by atoms with Crippen molar-refractivity contribution in [1.82, 2.24) is 11.5 Å². The summed E-state index contributed by atoms with van der Waals surface area (Å²) in [6.45, 7) is 1.31. The molecule has 2 nitrogen and oxygen atoms in total. The van der Waals surface area contributed by atoms with E-state index in [1.165, 1.54) is 25.8 Å². The van der Waals surface area contributed by atoms with Crippen LogP contribution < -0.4 is 11.5 Å². The lowest BCUT2D eigenvalue weighted by Gasteiger charge is -2.08. The van der Waals surface area contributed by atoms with Crippen molar-refractivity contribution in [2.45, 2.75) is 25.3 Å². The van der Waals surface area contributed by atoms with Gasteiger partial charge in [0, 0.05) is 6.04 Å². The maximum atomic E-state index is 3.46. The molecule has 2 atom stereocenters. The number of rotatable bonds is 0. The molecule has 0 amide bonds. The van der Waals surface area contributed by atoms with Gasteiger partial charge in [0.25, 0.3) is 0 Å². The Labute approximate surface area is 50.2 Å². The van der Waals surface area contributed by atoms with Gasteiger partial charge in [-0.15, -0.1) is 0 Å². The highest BCUT2D eigenvalue weighted by Crippen LogP contribution is 2.29. The minimum atomic E-state index is 0. The molecule has 1 saturated heterocycles. The Bertz CT molecular complexity index is 64.6. The van der Waals surface area contributed by atoms with Crippen LogP contribution in [0.2, 0.25) is 0 Å². The fourth-order valence-electron chi connectivity index (χ4n) is 1.78. The lowest BCUT2D eigenvalue weighted by atomic mass is 10.1. The second kappa shape index (κ2) is 2.03. The van der Waals surface area contributed by atoms with Crippen LogP contribution in [0.4, 0.5) is 0 Å². The maximum absolute atomic E-state index is 3.46. The quantitative estimate of drug-likeness (QED) is 0.492. The highest BCUT2D eigenvalue weighted by atomic mass is 15.0. The average molecular weight is 114 g/mol. The second-order valence-electron chi connectivity index (χ2n) is 2.78. The molecule has 1 heterocycles. The van der Waals surface area contributed by atoms with Gasteiger partial charge in [-0.25, -0.2) is 0 Å². The third-order valence-corrected chi connectivity index (χ3v) is 2.24. The molecule has 1 aliphatic heterocycles. The van der Waals surface area contributed by atoms with Crippen molar-refractivity contribution in [1.29, 1.82) is 0 Å². The van der Waals surface area contributed by atoms with Crippen molar-refractivity contribution >= 4 is 0 Å². The molecule has 0 aromatic heterocycles. The first kappa shape index (κ1) is 6.05. The van der Waals surface area contributed by atoms with E-state index in [1.807, 2.05) is 0 Å². The molecule has 1 aliphatic carbocycles. The van der Waals surface area contributed by atoms with Crippen molar-refractivity contribution in [2.24, 2.45) is 5.92 Å². The molecule has 2 unspecified atom stereocenters. The van der Waals surface area contributed by atoms with Crippen LogP contribution in [0.15, 0.2) is 0 Å². The summed E-state index contributed by atoms with van der Waals surface area (Å²) in [5.41, 5.74) is 0. The fourth-order valence-corrected chi connectivity index (χ4v) is 1.78. The van der Waals surface area contributed by atoms with Gasteiger partial charge < -0.3 is 11.5 Å². The SMILES string of the molecule is C1CC2CC1CN2.N. The summed E-state index contributed by atoms with van der Waals surface area (Å²) >= 11 is 0. The molecular weight excluding hydrogens is 100 g/mol. The van der Waals surface area contributed by atoms with Crippen LogP contribution in [0.3, 0.4) is 0 Å². The predicted molar refractivity (Wildman–Crippen MR) is 34.2 cm³/mol. The number of fused-ring (bicyclic) bond motifs is 2. The summed E-state index contributed by atoms with van der Waals surface area (Å²) < 4.78 is 0. The molecule has 8 heavy (non-hydrogen) atoms. The summed E-state index contributed by atoms with van der Waals surface area (Å²) in [7, 11) is 0. The molecule has 2 rings (SSSR count). The summed E-state index contributed by atoms with van der Waals surface area (Å²) in [5.74, 6) is 1.06. The van der Waals surface area contributed by atoms with Crippen molar-refractivity contribution in [3.8, 4) is 0 Å². The van der Waals surface area contributed by atoms with E-state index in [2.05, 4.69) is 5.32 Å². The molecule has 2 aliphatic rings. The Morgan fingerprint density at radius 2 is 2.12 bits per heavy atom. The van der Waals surface area contributed by atoms with E-state index < -0.39 is 0 Å². The van der Waals surface area contributed by atoms with Crippen molar-refractivity contribution in [3.63, 3.8) is 0 Å². The van der Waals surface area contributed by atoms with Crippen LogP contribution >= 0.6 is 0 Å². The molecule has 4 N–H and O–H groups in total. The molecule has 2 bridgehead atoms. The zero-order valence-electron chi connectivity index (χ0n) is 5.19. The number of hydrogen-bond donors (Lipinski definition) is 2. The van der Waals surface area contributed by atoms with Crippen LogP contribution in [0.5, 0.6) is 0 Å². The van der Waals surface area contributed by atoms with Crippen LogP contribution in [-0.4, -0.2) is 12.6 Å². The van der Waals surface area contributed by atoms with E-state index in [0.717, 1.165) is 12.0 Å². The van der Waals surface area contributed by atoms with Gasteiger partial charge in [0.1, 0.15) is 0 Å². The monoisotopic (exact) mass is 114 g/mol. The molecule has 2 heteroatoms. The Morgan fingerprint density at radius 3 is 2.25 bits per heavy atom. The zero-order valence-corrected chi connectivity index (χ0v) is 5.19. The first-order chi connectivity index (χ1) is 3.45. The topological polar surface area (TPSA) is 47.0 Å². The lowest BCUT2D eigenvalue weighted by Crippen LogP contribution is -2.23. The van der Waals surface area contributed by atoms with Gasteiger partial charge >= 0.3 is 0 Å². The third kappa shape index (κ3) is 0.740. The predicted octanol–water partition coefficient (Wildman–Crippen LogP) is 0.920. The van der Waals surface area contributed by atoms with Crippen LogP contribution in [0.1, 0.15) is 19.3 Å². The normalized spacial score (nSPS) is 42.0. The summed E-state index contributed by atoms with van der Waals surface area (Å²) in [4.78, 5) is 0. The number of hydrogen-bond acceptors (Lipinski definition) is 2. The van der Waals surface area contributed by atoms with Crippen molar-refractivity contribution in [2.75, 3.05) is 6.54 Å². The van der Waals surface area contributed by atoms with Gasteiger partial charge in [-0.1, -0.05) is 0 Å². The number of piperidine rings is 1. The van der Waals surface area contributed by atoms with E-state index in [4.69, 9.17) is 0 Å². The minimum absolute atomic E-state index is 0. The smallest absolute Gasteiger partial charge is 0.00704 e. The summed E-state index contributed by atoms with van der Waals surface area (Å²) in [6, 6.07) is 0.921. The van der Waals surface area contributed by atoms with Crippen LogP contribution in [-0.2, 0) is 0 Å². The fraction of sp³-hybridized carbons (Fsp3) is 1.00. The van der Waals surface area contributed by atoms with Gasteiger partial charge in [0.05, 0.1) is 0 Å². The summed E-state index contributed by atoms with van der Waals surface area (Å²) in [5, 5.41) is 3.46. The van der Waals surface area contributed by atoms with E-state index in [0.29, 0.717) is 0 Å². The van der Waals surface area contributed by atoms with E-state index in [1.54, 1.807) is 0 Å². The third-order valence-electron chi connectivity index (χ3n) is 2.24. The van der Waals surface area contributed by atoms with E-state index in [-0.39, 0.29) is 6.15 Å². The zero-order chi connectivity index (χ0) is 4.69. The molecule has 0 spiro atoms. The van der Waals surface area contributed by atoms with Crippen molar-refractivity contribution in [3.05, 3.63) is 0 Å². The van der Waals surface area contributed by atoms with Gasteiger partial charge in [0.2, 0.25) is 0 Å². The highest BCUT2D eigenvalue weighted by molar-refractivity contribution is 4.88. The van der Waals surface area contributed by atoms with Gasteiger partial charge in [-0.05, 0) is 31.7 Å². The molecule has 48 valence electrons. The maximum Gasteiger partial charge on any atom is 0.00704 e. The van der Waals surface area contributed by atoms with Crippen LogP contribution in [0, 0.1) is 5.92 Å². The van der Waals surface area contributed by atoms with Gasteiger partial charge in [-0.2, -0.15) is 0 Å². The summed E-state index contributed by atoms with van der Waals surface area (Å²) in [6.07, 6.45) is 4.42. The molecule has 1 saturated carbocycles. The van der Waals surface area contributed by atoms with Gasteiger partial charge in [0.15, 0.2) is 0 Å². The Balaban J connectivity index is 0.000000320. The molecule has 0 aromatic rings. The Hall–Kier alpha value is -0.0800. The van der Waals surface area contributed by atoms with Crippen molar-refractivity contribution < 1.29 is 0 Å². The molecular formula is C6H14N2. The van der Waals surface area contributed by atoms with Crippen LogP contribution in [0.25, 0.3) is 0 Å². The first-order valence-corrected chi connectivity index (χ1v) is 3.18. The first-order valence-electron chi connectivity index (χ1n) is 3.18. The number of nitrogens with one attached hydrogen (secondary N) is 1. The second-order valence-corrected chi connectivity index (χ2v) is 2.78. The lowest BCUT2D eigenvalue weighted by molar-refractivity contribution is 0.504. The van der Waals surface area contributed by atoms with E-state index in [9.17, 15) is 0 Å². The standard InChI is InChI=1S/C6H11N.H3N/c1-2-6-3-5(1)4-7-6;/h5-7H,1-4H2;1H3. The molecule has 0 radical (unpaired) electrons. The Kier molecular flexibility index (Phi) is 1.54. The minimum Gasteiger partial charge on any atom is -0.344 e.